The first-order valence-corrected chi connectivity index (χ1v) is 8.17. The van der Waals surface area contributed by atoms with E-state index in [4.69, 9.17) is 0 Å². The molecular weight excluding hydrogens is 256 g/mol. The molecule has 1 saturated carbocycles. The molecule has 1 aliphatic carbocycles. The summed E-state index contributed by atoms with van der Waals surface area (Å²) in [6.07, 6.45) is 6.78. The number of rotatable bonds is 3. The monoisotopic (exact) mass is 278 g/mol. The molecule has 1 aromatic heterocycles. The number of thiazole rings is 1. The minimum absolute atomic E-state index is 0.0811. The van der Waals surface area contributed by atoms with Crippen molar-refractivity contribution < 1.29 is 4.79 Å². The minimum Gasteiger partial charge on any atom is -0.304 e. The zero-order valence-corrected chi connectivity index (χ0v) is 12.6. The maximum atomic E-state index is 12.4. The molecule has 0 bridgehead atoms. The zero-order valence-electron chi connectivity index (χ0n) is 11.7. The van der Waals surface area contributed by atoms with Crippen LogP contribution in [0.4, 0.5) is 0 Å². The Morgan fingerprint density at radius 1 is 1.37 bits per heavy atom. The molecule has 3 rings (SSSR count). The molecule has 0 radical (unpaired) electrons. The van der Waals surface area contributed by atoms with Crippen molar-refractivity contribution in [2.45, 2.75) is 64.5 Å². The summed E-state index contributed by atoms with van der Waals surface area (Å²) in [6.45, 7) is 4.09. The molecule has 104 valence electrons. The van der Waals surface area contributed by atoms with Gasteiger partial charge in [0, 0.05) is 10.9 Å². The Morgan fingerprint density at radius 2 is 2.16 bits per heavy atom. The van der Waals surface area contributed by atoms with Gasteiger partial charge in [-0.25, -0.2) is 4.98 Å². The van der Waals surface area contributed by atoms with E-state index in [1.807, 2.05) is 6.92 Å². The number of carbonyl (C=O) groups is 1. The molecule has 1 N–H and O–H groups in total. The molecule has 4 heteroatoms. The van der Waals surface area contributed by atoms with Crippen molar-refractivity contribution in [3.05, 3.63) is 15.6 Å². The lowest BCUT2D eigenvalue weighted by Gasteiger charge is -2.24. The van der Waals surface area contributed by atoms with Crippen LogP contribution in [0.1, 0.15) is 47.7 Å². The summed E-state index contributed by atoms with van der Waals surface area (Å²) in [4.78, 5) is 18.1. The highest BCUT2D eigenvalue weighted by molar-refractivity contribution is 7.11. The van der Waals surface area contributed by atoms with Crippen molar-refractivity contribution >= 4 is 17.1 Å². The summed E-state index contributed by atoms with van der Waals surface area (Å²) >= 11 is 1.67. The number of fused-ring (bicyclic) bond motifs is 1. The SMILES string of the molecule is Cc1nc(CC(=O)C2CC3CCCCC3N2)sc1C. The van der Waals surface area contributed by atoms with Crippen LogP contribution in [0.5, 0.6) is 0 Å². The molecule has 0 amide bonds. The first-order chi connectivity index (χ1) is 9.13. The standard InChI is InChI=1S/C15H22N2OS/c1-9-10(2)19-15(16-9)8-14(18)13-7-11-5-3-4-6-12(11)17-13/h11-13,17H,3-8H2,1-2H3. The van der Waals surface area contributed by atoms with Crippen LogP contribution in [0.3, 0.4) is 0 Å². The first-order valence-electron chi connectivity index (χ1n) is 7.35. The fraction of sp³-hybridized carbons (Fsp3) is 0.733. The third kappa shape index (κ3) is 2.75. The Balaban J connectivity index is 1.62. The van der Waals surface area contributed by atoms with Crippen LogP contribution in [-0.2, 0) is 11.2 Å². The molecule has 3 nitrogen and oxygen atoms in total. The van der Waals surface area contributed by atoms with Crippen LogP contribution >= 0.6 is 11.3 Å². The van der Waals surface area contributed by atoms with Gasteiger partial charge >= 0.3 is 0 Å². The number of Topliss-reactive ketones (excluding diaryl/α,β-unsaturated/α-hetero) is 1. The molecule has 3 atom stereocenters. The number of nitrogens with zero attached hydrogens (tertiary/aromatic N) is 1. The minimum atomic E-state index is 0.0811. The normalized spacial score (nSPS) is 30.3. The second-order valence-electron chi connectivity index (χ2n) is 6.00. The zero-order chi connectivity index (χ0) is 13.4. The van der Waals surface area contributed by atoms with E-state index in [-0.39, 0.29) is 6.04 Å². The maximum absolute atomic E-state index is 12.4. The predicted molar refractivity (Wildman–Crippen MR) is 77.6 cm³/mol. The molecule has 2 fully saturated rings. The van der Waals surface area contributed by atoms with Crippen molar-refractivity contribution in [1.82, 2.24) is 10.3 Å². The van der Waals surface area contributed by atoms with Gasteiger partial charge in [-0.2, -0.15) is 0 Å². The molecule has 1 aromatic rings. The van der Waals surface area contributed by atoms with Crippen LogP contribution in [0.2, 0.25) is 0 Å². The third-order valence-corrected chi connectivity index (χ3v) is 5.72. The van der Waals surface area contributed by atoms with Gasteiger partial charge in [-0.3, -0.25) is 4.79 Å². The smallest absolute Gasteiger partial charge is 0.156 e. The Kier molecular flexibility index (Phi) is 3.72. The molecule has 0 aromatic carbocycles. The average molecular weight is 278 g/mol. The van der Waals surface area contributed by atoms with Crippen LogP contribution in [0, 0.1) is 19.8 Å². The van der Waals surface area contributed by atoms with Gasteiger partial charge in [0.1, 0.15) is 5.01 Å². The number of aromatic nitrogens is 1. The van der Waals surface area contributed by atoms with Gasteiger partial charge in [0.05, 0.1) is 18.2 Å². The highest BCUT2D eigenvalue weighted by Crippen LogP contribution is 2.33. The van der Waals surface area contributed by atoms with E-state index in [0.717, 1.165) is 23.0 Å². The molecular formula is C15H22N2OS. The maximum Gasteiger partial charge on any atom is 0.156 e. The van der Waals surface area contributed by atoms with E-state index in [0.29, 0.717) is 18.2 Å². The van der Waals surface area contributed by atoms with Gasteiger partial charge in [-0.15, -0.1) is 11.3 Å². The Morgan fingerprint density at radius 3 is 2.84 bits per heavy atom. The van der Waals surface area contributed by atoms with E-state index < -0.39 is 0 Å². The largest absolute Gasteiger partial charge is 0.304 e. The van der Waals surface area contributed by atoms with Crippen molar-refractivity contribution in [2.24, 2.45) is 5.92 Å². The first kappa shape index (κ1) is 13.3. The summed E-state index contributed by atoms with van der Waals surface area (Å²) in [5.41, 5.74) is 1.07. The van der Waals surface area contributed by atoms with Crippen molar-refractivity contribution in [2.75, 3.05) is 0 Å². The van der Waals surface area contributed by atoms with E-state index in [9.17, 15) is 4.79 Å². The van der Waals surface area contributed by atoms with Gasteiger partial charge in [-0.05, 0) is 39.0 Å². The van der Waals surface area contributed by atoms with Gasteiger partial charge in [-0.1, -0.05) is 12.8 Å². The molecule has 1 saturated heterocycles. The number of nitrogens with one attached hydrogen (secondary N) is 1. The lowest BCUT2D eigenvalue weighted by atomic mass is 9.85. The average Bonchev–Trinajstić information content (AvgIpc) is 2.93. The van der Waals surface area contributed by atoms with Crippen molar-refractivity contribution in [1.29, 1.82) is 0 Å². The van der Waals surface area contributed by atoms with Crippen LogP contribution < -0.4 is 5.32 Å². The number of aryl methyl sites for hydroxylation is 2. The van der Waals surface area contributed by atoms with E-state index in [2.05, 4.69) is 17.2 Å². The summed E-state index contributed by atoms with van der Waals surface area (Å²) in [5.74, 6) is 1.07. The summed E-state index contributed by atoms with van der Waals surface area (Å²) < 4.78 is 0. The number of hydrogen-bond acceptors (Lipinski definition) is 4. The van der Waals surface area contributed by atoms with Crippen molar-refractivity contribution in [3.8, 4) is 0 Å². The van der Waals surface area contributed by atoms with E-state index >= 15 is 0 Å². The second-order valence-corrected chi connectivity index (χ2v) is 7.29. The van der Waals surface area contributed by atoms with Gasteiger partial charge < -0.3 is 5.32 Å². The van der Waals surface area contributed by atoms with E-state index in [1.54, 1.807) is 11.3 Å². The van der Waals surface area contributed by atoms with Gasteiger partial charge in [0.2, 0.25) is 0 Å². The molecule has 3 unspecified atom stereocenters. The topological polar surface area (TPSA) is 42.0 Å². The predicted octanol–water partition coefficient (Wildman–Crippen LogP) is 2.79. The van der Waals surface area contributed by atoms with Crippen LogP contribution in [-0.4, -0.2) is 22.9 Å². The second kappa shape index (κ2) is 5.33. The van der Waals surface area contributed by atoms with Gasteiger partial charge in [0.15, 0.2) is 5.78 Å². The van der Waals surface area contributed by atoms with Gasteiger partial charge in [0.25, 0.3) is 0 Å². The Hall–Kier alpha value is -0.740. The third-order valence-electron chi connectivity index (χ3n) is 4.65. The Bertz CT molecular complexity index is 449. The number of ketones is 1. The van der Waals surface area contributed by atoms with Crippen LogP contribution in [0.15, 0.2) is 0 Å². The number of carbonyl (C=O) groups excluding carboxylic acids is 1. The quantitative estimate of drug-likeness (QED) is 0.924. The highest BCUT2D eigenvalue weighted by Gasteiger charge is 2.38. The van der Waals surface area contributed by atoms with Crippen molar-refractivity contribution in [3.63, 3.8) is 0 Å². The summed E-state index contributed by atoms with van der Waals surface area (Å²) in [5, 5.41) is 4.54. The lowest BCUT2D eigenvalue weighted by Crippen LogP contribution is -2.37. The fourth-order valence-corrected chi connectivity index (χ4v) is 4.39. The number of hydrogen-bond donors (Lipinski definition) is 1. The molecule has 19 heavy (non-hydrogen) atoms. The molecule has 2 heterocycles. The van der Waals surface area contributed by atoms with Crippen LogP contribution in [0.25, 0.3) is 0 Å². The molecule has 1 aliphatic heterocycles. The lowest BCUT2D eigenvalue weighted by molar-refractivity contribution is -0.120. The fourth-order valence-electron chi connectivity index (χ4n) is 3.45. The summed E-state index contributed by atoms with van der Waals surface area (Å²) in [6, 6.07) is 0.681. The van der Waals surface area contributed by atoms with E-state index in [1.165, 1.54) is 30.6 Å². The highest BCUT2D eigenvalue weighted by atomic mass is 32.1. The molecule has 0 spiro atoms. The molecule has 2 aliphatic rings. The summed E-state index contributed by atoms with van der Waals surface area (Å²) in [7, 11) is 0. The Labute approximate surface area is 118 Å².